The van der Waals surface area contributed by atoms with E-state index >= 15 is 0 Å². The van der Waals surface area contributed by atoms with Gasteiger partial charge in [0.15, 0.2) is 0 Å². The first-order valence-corrected chi connectivity index (χ1v) is 8.25. The molecule has 2 fully saturated rings. The highest BCUT2D eigenvalue weighted by atomic mass is 79.9. The van der Waals surface area contributed by atoms with Gasteiger partial charge < -0.3 is 10.2 Å². The Balaban J connectivity index is 1.94. The predicted octanol–water partition coefficient (Wildman–Crippen LogP) is 4.48. The van der Waals surface area contributed by atoms with Gasteiger partial charge in [-0.25, -0.2) is 0 Å². The summed E-state index contributed by atoms with van der Waals surface area (Å²) in [6, 6.07) is 5.89. The van der Waals surface area contributed by atoms with Crippen LogP contribution >= 0.6 is 39.1 Å². The van der Waals surface area contributed by atoms with Gasteiger partial charge in [-0.15, -0.1) is 0 Å². The largest absolute Gasteiger partial charge is 0.364 e. The van der Waals surface area contributed by atoms with Gasteiger partial charge in [0.05, 0.1) is 15.7 Å². The lowest BCUT2D eigenvalue weighted by atomic mass is 9.97. The van der Waals surface area contributed by atoms with Crippen molar-refractivity contribution < 1.29 is 0 Å². The summed E-state index contributed by atoms with van der Waals surface area (Å²) in [7, 11) is 2.06. The number of anilines is 1. The predicted molar refractivity (Wildman–Crippen MR) is 85.5 cm³/mol. The Bertz CT molecular complexity index is 481. The molecule has 0 saturated carbocycles. The number of halogens is 3. The van der Waals surface area contributed by atoms with E-state index in [0.29, 0.717) is 28.2 Å². The van der Waals surface area contributed by atoms with E-state index in [4.69, 9.17) is 23.2 Å². The third-order valence-corrected chi connectivity index (χ3v) is 6.20. The standard InChI is InChI=1S/C14H17BrCl2N2/c1-18-8-6-9-2-3-10(7-8)19(9)12-5-4-11(15)13(16)14(12)17/h4-5,8-10,18H,2-3,6-7H2,1H3. The minimum atomic E-state index is 0.589. The van der Waals surface area contributed by atoms with Gasteiger partial charge in [-0.1, -0.05) is 23.2 Å². The first-order chi connectivity index (χ1) is 9.11. The smallest absolute Gasteiger partial charge is 0.0837 e. The van der Waals surface area contributed by atoms with Crippen LogP contribution in [0.3, 0.4) is 0 Å². The van der Waals surface area contributed by atoms with Crippen molar-refractivity contribution in [2.45, 2.75) is 43.8 Å². The lowest BCUT2D eigenvalue weighted by Gasteiger charge is -2.41. The molecule has 1 aromatic carbocycles. The Morgan fingerprint density at radius 3 is 2.37 bits per heavy atom. The Hall–Kier alpha value is 0.0400. The molecule has 104 valence electrons. The van der Waals surface area contributed by atoms with Gasteiger partial charge in [-0.3, -0.25) is 0 Å². The molecule has 2 heterocycles. The first-order valence-electron chi connectivity index (χ1n) is 6.71. The van der Waals surface area contributed by atoms with E-state index in [2.05, 4.69) is 39.3 Å². The second kappa shape index (κ2) is 5.44. The van der Waals surface area contributed by atoms with E-state index in [1.165, 1.54) is 25.7 Å². The van der Waals surface area contributed by atoms with Crippen LogP contribution in [0, 0.1) is 0 Å². The summed E-state index contributed by atoms with van der Waals surface area (Å²) < 4.78 is 0.861. The number of nitrogens with zero attached hydrogens (tertiary/aromatic N) is 1. The fourth-order valence-corrected chi connectivity index (χ4v) is 4.39. The molecular formula is C14H17BrCl2N2. The number of rotatable bonds is 2. The lowest BCUT2D eigenvalue weighted by Crippen LogP contribution is -2.48. The minimum Gasteiger partial charge on any atom is -0.364 e. The fourth-order valence-electron chi connectivity index (χ4n) is 3.52. The third kappa shape index (κ3) is 2.39. The van der Waals surface area contributed by atoms with E-state index in [-0.39, 0.29) is 0 Å². The van der Waals surface area contributed by atoms with Gasteiger partial charge in [0, 0.05) is 22.6 Å². The molecule has 3 rings (SSSR count). The maximum Gasteiger partial charge on any atom is 0.0837 e. The number of benzene rings is 1. The van der Waals surface area contributed by atoms with Crippen LogP contribution in [0.15, 0.2) is 16.6 Å². The average Bonchev–Trinajstić information content (AvgIpc) is 2.67. The van der Waals surface area contributed by atoms with E-state index in [0.717, 1.165) is 10.2 Å². The maximum absolute atomic E-state index is 6.44. The van der Waals surface area contributed by atoms with Crippen LogP contribution in [-0.4, -0.2) is 25.2 Å². The van der Waals surface area contributed by atoms with Crippen LogP contribution in [0.5, 0.6) is 0 Å². The van der Waals surface area contributed by atoms with Gasteiger partial charge in [0.1, 0.15) is 0 Å². The van der Waals surface area contributed by atoms with Crippen LogP contribution in [0.25, 0.3) is 0 Å². The molecular weight excluding hydrogens is 347 g/mol. The topological polar surface area (TPSA) is 15.3 Å². The molecule has 5 heteroatoms. The van der Waals surface area contributed by atoms with E-state index in [1.54, 1.807) is 0 Å². The summed E-state index contributed by atoms with van der Waals surface area (Å²) >= 11 is 16.1. The summed E-state index contributed by atoms with van der Waals surface area (Å²) in [4.78, 5) is 2.49. The number of fused-ring (bicyclic) bond motifs is 2. The van der Waals surface area contributed by atoms with Crippen LogP contribution in [0.2, 0.25) is 10.0 Å². The van der Waals surface area contributed by atoms with Crippen molar-refractivity contribution in [3.05, 3.63) is 26.7 Å². The number of hydrogen-bond acceptors (Lipinski definition) is 2. The van der Waals surface area contributed by atoms with Crippen LogP contribution in [-0.2, 0) is 0 Å². The molecule has 0 spiro atoms. The Morgan fingerprint density at radius 2 is 1.79 bits per heavy atom. The van der Waals surface area contributed by atoms with Crippen molar-refractivity contribution in [1.29, 1.82) is 0 Å². The van der Waals surface area contributed by atoms with Gasteiger partial charge in [0.25, 0.3) is 0 Å². The van der Waals surface area contributed by atoms with Crippen LogP contribution < -0.4 is 10.2 Å². The van der Waals surface area contributed by atoms with Crippen molar-refractivity contribution in [1.82, 2.24) is 5.32 Å². The molecule has 0 amide bonds. The number of piperidine rings is 1. The summed E-state index contributed by atoms with van der Waals surface area (Å²) in [6.07, 6.45) is 4.90. The average molecular weight is 364 g/mol. The third-order valence-electron chi connectivity index (χ3n) is 4.43. The SMILES string of the molecule is CNC1CC2CCC(C1)N2c1ccc(Br)c(Cl)c1Cl. The molecule has 19 heavy (non-hydrogen) atoms. The zero-order chi connectivity index (χ0) is 13.6. The highest BCUT2D eigenvalue weighted by molar-refractivity contribution is 9.10. The molecule has 2 unspecified atom stereocenters. The molecule has 2 aliphatic heterocycles. The minimum absolute atomic E-state index is 0.589. The number of nitrogens with one attached hydrogen (secondary N) is 1. The Labute approximate surface area is 132 Å². The second-order valence-electron chi connectivity index (χ2n) is 5.44. The van der Waals surface area contributed by atoms with Gasteiger partial charge >= 0.3 is 0 Å². The molecule has 2 saturated heterocycles. The van der Waals surface area contributed by atoms with Crippen molar-refractivity contribution in [3.63, 3.8) is 0 Å². The number of hydrogen-bond donors (Lipinski definition) is 1. The summed E-state index contributed by atoms with van der Waals surface area (Å²) in [5.74, 6) is 0. The van der Waals surface area contributed by atoms with E-state index in [1.807, 2.05) is 6.07 Å². The normalized spacial score (nSPS) is 29.9. The quantitative estimate of drug-likeness (QED) is 0.779. The molecule has 0 radical (unpaired) electrons. The Morgan fingerprint density at radius 1 is 1.16 bits per heavy atom. The van der Waals surface area contributed by atoms with Crippen molar-refractivity contribution >= 4 is 44.8 Å². The summed E-state index contributed by atoms with van der Waals surface area (Å²) in [5.41, 5.74) is 1.09. The summed E-state index contributed by atoms with van der Waals surface area (Å²) in [6.45, 7) is 0. The van der Waals surface area contributed by atoms with Crippen LogP contribution in [0.4, 0.5) is 5.69 Å². The second-order valence-corrected chi connectivity index (χ2v) is 7.05. The molecule has 2 atom stereocenters. The highest BCUT2D eigenvalue weighted by Gasteiger charge is 2.41. The maximum atomic E-state index is 6.44. The molecule has 2 bridgehead atoms. The van der Waals surface area contributed by atoms with E-state index < -0.39 is 0 Å². The van der Waals surface area contributed by atoms with E-state index in [9.17, 15) is 0 Å². The Kier molecular flexibility index (Phi) is 4.01. The molecule has 2 aliphatic rings. The zero-order valence-corrected chi connectivity index (χ0v) is 13.9. The summed E-state index contributed by atoms with van der Waals surface area (Å²) in [5, 5.41) is 4.72. The zero-order valence-electron chi connectivity index (χ0n) is 10.8. The van der Waals surface area contributed by atoms with Crippen molar-refractivity contribution in [3.8, 4) is 0 Å². The molecule has 0 aliphatic carbocycles. The van der Waals surface area contributed by atoms with Gasteiger partial charge in [0.2, 0.25) is 0 Å². The molecule has 2 nitrogen and oxygen atoms in total. The first kappa shape index (κ1) is 14.0. The molecule has 1 aromatic rings. The van der Waals surface area contributed by atoms with Crippen molar-refractivity contribution in [2.24, 2.45) is 0 Å². The van der Waals surface area contributed by atoms with Crippen LogP contribution in [0.1, 0.15) is 25.7 Å². The lowest BCUT2D eigenvalue weighted by molar-refractivity contribution is 0.374. The molecule has 1 N–H and O–H groups in total. The van der Waals surface area contributed by atoms with Crippen molar-refractivity contribution in [2.75, 3.05) is 11.9 Å². The monoisotopic (exact) mass is 362 g/mol. The highest BCUT2D eigenvalue weighted by Crippen LogP contribution is 2.45. The van der Waals surface area contributed by atoms with Gasteiger partial charge in [-0.2, -0.15) is 0 Å². The fraction of sp³-hybridized carbons (Fsp3) is 0.571. The van der Waals surface area contributed by atoms with Gasteiger partial charge in [-0.05, 0) is 60.8 Å². The molecule has 0 aromatic heterocycles.